The van der Waals surface area contributed by atoms with Crippen LogP contribution in [-0.2, 0) is 9.59 Å². The Hall–Kier alpha value is -4.51. The fourth-order valence-electron chi connectivity index (χ4n) is 4.14. The first-order chi connectivity index (χ1) is 19.6. The van der Waals surface area contributed by atoms with Crippen LogP contribution in [0.4, 0.5) is 0 Å². The number of aromatic nitrogens is 3. The van der Waals surface area contributed by atoms with Gasteiger partial charge in [0.25, 0.3) is 12.9 Å². The van der Waals surface area contributed by atoms with Crippen molar-refractivity contribution in [2.24, 2.45) is 0 Å². The number of ether oxygens (including phenoxy) is 2. The van der Waals surface area contributed by atoms with E-state index in [0.29, 0.717) is 47.2 Å². The summed E-state index contributed by atoms with van der Waals surface area (Å²) in [6.45, 7) is 2.84. The minimum Gasteiger partial charge on any atom is -0.429 e. The van der Waals surface area contributed by atoms with Crippen LogP contribution in [0.3, 0.4) is 0 Å². The fraction of sp³-hybridized carbons (Fsp3) is 0.0333. The molecular weight excluding hydrogens is 563 g/mol. The molecule has 0 radical (unpaired) electrons. The molecule has 40 heavy (non-hydrogen) atoms. The summed E-state index contributed by atoms with van der Waals surface area (Å²) in [6, 6.07) is 21.1. The van der Waals surface area contributed by atoms with Gasteiger partial charge >= 0.3 is 0 Å². The van der Waals surface area contributed by atoms with Gasteiger partial charge in [-0.15, -0.1) is 34.0 Å². The average molecular weight is 582 g/mol. The number of aryl methyl sites for hydroxylation is 1. The van der Waals surface area contributed by atoms with Gasteiger partial charge in [-0.25, -0.2) is 4.98 Å². The second-order valence-corrected chi connectivity index (χ2v) is 11.7. The Kier molecular flexibility index (Phi) is 7.28. The number of rotatable bonds is 9. The molecule has 0 aromatic carbocycles. The van der Waals surface area contributed by atoms with Crippen LogP contribution in [-0.4, -0.2) is 27.9 Å². The number of pyridine rings is 3. The summed E-state index contributed by atoms with van der Waals surface area (Å²) < 4.78 is 10.1. The third-order valence-corrected chi connectivity index (χ3v) is 9.62. The van der Waals surface area contributed by atoms with Gasteiger partial charge in [0.05, 0.1) is 22.8 Å². The van der Waals surface area contributed by atoms with Crippen LogP contribution in [0.2, 0.25) is 0 Å². The van der Waals surface area contributed by atoms with Crippen molar-refractivity contribution in [3.63, 3.8) is 0 Å². The predicted octanol–water partition coefficient (Wildman–Crippen LogP) is 7.77. The number of nitrogens with zero attached hydrogens (tertiary/aromatic N) is 3. The zero-order valence-corrected chi connectivity index (χ0v) is 23.4. The molecule has 0 N–H and O–H groups in total. The lowest BCUT2D eigenvalue weighted by Crippen LogP contribution is -1.97. The first-order valence-electron chi connectivity index (χ1n) is 12.0. The molecule has 6 aromatic rings. The lowest BCUT2D eigenvalue weighted by Gasteiger charge is -2.09. The lowest BCUT2D eigenvalue weighted by molar-refractivity contribution is -0.121. The largest absolute Gasteiger partial charge is 0.429 e. The molecule has 0 saturated carbocycles. The summed E-state index contributed by atoms with van der Waals surface area (Å²) in [6.07, 6.45) is 3.24. The Morgan fingerprint density at radius 1 is 0.650 bits per heavy atom. The summed E-state index contributed by atoms with van der Waals surface area (Å²) in [4.78, 5) is 41.6. The van der Waals surface area contributed by atoms with E-state index in [1.54, 1.807) is 64.5 Å². The van der Waals surface area contributed by atoms with E-state index in [1.165, 1.54) is 31.3 Å². The van der Waals surface area contributed by atoms with Gasteiger partial charge in [-0.1, -0.05) is 0 Å². The molecule has 6 rings (SSSR count). The highest BCUT2D eigenvalue weighted by molar-refractivity contribution is 7.27. The van der Waals surface area contributed by atoms with E-state index in [4.69, 9.17) is 14.5 Å². The van der Waals surface area contributed by atoms with E-state index in [9.17, 15) is 9.59 Å². The molecule has 6 heterocycles. The molecule has 0 amide bonds. The van der Waals surface area contributed by atoms with Gasteiger partial charge < -0.3 is 9.47 Å². The number of carbonyl (C=O) groups is 2. The minimum absolute atomic E-state index is 0.290. The van der Waals surface area contributed by atoms with Crippen molar-refractivity contribution in [1.82, 2.24) is 15.0 Å². The third-order valence-electron chi connectivity index (χ3n) is 6.01. The predicted molar refractivity (Wildman–Crippen MR) is 159 cm³/mol. The van der Waals surface area contributed by atoms with E-state index in [0.717, 1.165) is 10.4 Å². The molecule has 7 nitrogen and oxygen atoms in total. The van der Waals surface area contributed by atoms with E-state index in [-0.39, 0.29) is 0 Å². The Morgan fingerprint density at radius 3 is 1.95 bits per heavy atom. The van der Waals surface area contributed by atoms with Crippen LogP contribution in [0.25, 0.3) is 52.7 Å². The van der Waals surface area contributed by atoms with Crippen molar-refractivity contribution in [3.05, 3.63) is 90.1 Å². The highest BCUT2D eigenvalue weighted by atomic mass is 32.1. The van der Waals surface area contributed by atoms with Crippen LogP contribution >= 0.6 is 34.0 Å². The van der Waals surface area contributed by atoms with Crippen LogP contribution in [0.5, 0.6) is 11.5 Å². The molecule has 0 unspecified atom stereocenters. The highest BCUT2D eigenvalue weighted by Crippen LogP contribution is 2.42. The lowest BCUT2D eigenvalue weighted by atomic mass is 10.1. The molecular formula is C30H19N3O4S3. The monoisotopic (exact) mass is 581 g/mol. The minimum atomic E-state index is 0.290. The third kappa shape index (κ3) is 5.32. The Bertz CT molecular complexity index is 1840. The maximum atomic E-state index is 11.1. The van der Waals surface area contributed by atoms with Crippen molar-refractivity contribution in [2.45, 2.75) is 6.92 Å². The summed E-state index contributed by atoms with van der Waals surface area (Å²) in [5.41, 5.74) is 4.29. The highest BCUT2D eigenvalue weighted by Gasteiger charge is 2.14. The summed E-state index contributed by atoms with van der Waals surface area (Å²) in [5, 5.41) is 2.13. The van der Waals surface area contributed by atoms with Crippen molar-refractivity contribution in [1.29, 1.82) is 0 Å². The van der Waals surface area contributed by atoms with Crippen LogP contribution in [0.15, 0.2) is 84.5 Å². The van der Waals surface area contributed by atoms with E-state index < -0.39 is 0 Å². The molecule has 0 aliphatic carbocycles. The molecule has 6 aromatic heterocycles. The molecule has 0 spiro atoms. The Morgan fingerprint density at radius 2 is 1.25 bits per heavy atom. The molecule has 0 aliphatic rings. The van der Waals surface area contributed by atoms with Crippen LogP contribution < -0.4 is 9.47 Å². The second kappa shape index (κ2) is 11.3. The molecule has 0 saturated heterocycles. The number of thiophene rings is 3. The topological polar surface area (TPSA) is 91.3 Å². The van der Waals surface area contributed by atoms with E-state index in [1.807, 2.05) is 12.1 Å². The summed E-state index contributed by atoms with van der Waals surface area (Å²) >= 11 is 5.28. The maximum Gasteiger partial charge on any atom is 0.298 e. The molecule has 0 bridgehead atoms. The smallest absolute Gasteiger partial charge is 0.298 e. The first kappa shape index (κ1) is 25.8. The number of hydrogen-bond acceptors (Lipinski definition) is 10. The number of carbonyl (C=O) groups excluding carboxylic acids is 2. The molecule has 0 aliphatic heterocycles. The zero-order chi connectivity index (χ0) is 27.5. The molecule has 0 atom stereocenters. The Labute approximate surface area is 241 Å². The standard InChI is InChI=1S/C30H19N3O4S3/c1-18-8-11-38-30(18)29-5-4-28(40-29)27-3-2-26(39-27)19-6-9-31-22(12-19)24-14-21(37-17-35)15-25(33-24)23-13-20(36-16-34)7-10-32-23/h2-17H,1H3. The average Bonchev–Trinajstić information content (AvgIpc) is 3.74. The van der Waals surface area contributed by atoms with Gasteiger partial charge in [0.2, 0.25) is 0 Å². The summed E-state index contributed by atoms with van der Waals surface area (Å²) in [7, 11) is 0. The van der Waals surface area contributed by atoms with Gasteiger partial charge in [0.15, 0.2) is 0 Å². The molecule has 0 fully saturated rings. The Balaban J connectivity index is 1.33. The SMILES string of the molecule is Cc1ccsc1-c1ccc(-c2ccc(-c3ccnc(-c4cc(OC=O)cc(-c5cc(OC=O)ccn5)n4)c3)s2)s1. The van der Waals surface area contributed by atoms with Gasteiger partial charge in [0.1, 0.15) is 11.5 Å². The fourth-order valence-corrected chi connectivity index (χ4v) is 7.36. The molecule has 10 heteroatoms. The van der Waals surface area contributed by atoms with Crippen LogP contribution in [0, 0.1) is 6.92 Å². The quantitative estimate of drug-likeness (QED) is 0.161. The zero-order valence-electron chi connectivity index (χ0n) is 20.9. The van der Waals surface area contributed by atoms with Gasteiger partial charge in [0, 0.05) is 55.0 Å². The molecule has 196 valence electrons. The van der Waals surface area contributed by atoms with Crippen LogP contribution in [0.1, 0.15) is 5.56 Å². The van der Waals surface area contributed by atoms with Crippen molar-refractivity contribution < 1.29 is 19.1 Å². The first-order valence-corrected chi connectivity index (χ1v) is 14.5. The van der Waals surface area contributed by atoms with E-state index in [2.05, 4.69) is 52.6 Å². The van der Waals surface area contributed by atoms with Crippen molar-refractivity contribution in [3.8, 4) is 64.2 Å². The van der Waals surface area contributed by atoms with Crippen molar-refractivity contribution >= 4 is 47.0 Å². The van der Waals surface area contributed by atoms with Gasteiger partial charge in [-0.2, -0.15) is 0 Å². The normalized spacial score (nSPS) is 10.8. The van der Waals surface area contributed by atoms with E-state index >= 15 is 0 Å². The van der Waals surface area contributed by atoms with Gasteiger partial charge in [-0.05, 0) is 72.0 Å². The summed E-state index contributed by atoms with van der Waals surface area (Å²) in [5.74, 6) is 0.612. The second-order valence-electron chi connectivity index (χ2n) is 8.57. The maximum absolute atomic E-state index is 11.1. The number of hydrogen-bond donors (Lipinski definition) is 0. The van der Waals surface area contributed by atoms with Gasteiger partial charge in [-0.3, -0.25) is 19.6 Å². The van der Waals surface area contributed by atoms with Crippen molar-refractivity contribution in [2.75, 3.05) is 0 Å².